The van der Waals surface area contributed by atoms with Crippen molar-refractivity contribution in [3.05, 3.63) is 0 Å². The van der Waals surface area contributed by atoms with Crippen molar-refractivity contribution in [2.45, 2.75) is 25.8 Å². The Labute approximate surface area is 116 Å². The summed E-state index contributed by atoms with van der Waals surface area (Å²) in [6.07, 6.45) is 2.07. The van der Waals surface area contributed by atoms with Crippen LogP contribution in [0.2, 0.25) is 0 Å². The molecule has 0 radical (unpaired) electrons. The van der Waals surface area contributed by atoms with Crippen LogP contribution in [0.4, 0.5) is 0 Å². The molecule has 0 bridgehead atoms. The molecule has 1 heterocycles. The van der Waals surface area contributed by atoms with Gasteiger partial charge in [-0.25, -0.2) is 0 Å². The van der Waals surface area contributed by atoms with Gasteiger partial charge in [0.15, 0.2) is 0 Å². The van der Waals surface area contributed by atoms with E-state index in [2.05, 4.69) is 16.8 Å². The summed E-state index contributed by atoms with van der Waals surface area (Å²) in [4.78, 5) is 4.41. The van der Waals surface area contributed by atoms with Crippen molar-refractivity contribution in [1.82, 2.24) is 9.80 Å². The summed E-state index contributed by atoms with van der Waals surface area (Å²) < 4.78 is 36.0. The molecule has 0 aromatic rings. The van der Waals surface area contributed by atoms with Gasteiger partial charge in [-0.2, -0.15) is 8.42 Å². The van der Waals surface area contributed by atoms with Crippen LogP contribution in [0.15, 0.2) is 0 Å². The lowest BCUT2D eigenvalue weighted by Crippen LogP contribution is -2.46. The molecule has 0 saturated carbocycles. The first-order chi connectivity index (χ1) is 8.92. The number of hydrogen-bond acceptors (Lipinski definition) is 5. The summed E-state index contributed by atoms with van der Waals surface area (Å²) in [6.45, 7) is 6.37. The Morgan fingerprint density at radius 3 is 2.47 bits per heavy atom. The average Bonchev–Trinajstić information content (AvgIpc) is 2.34. The zero-order chi connectivity index (χ0) is 14.3. The van der Waals surface area contributed by atoms with Crippen molar-refractivity contribution in [3.63, 3.8) is 0 Å². The third-order valence-electron chi connectivity index (χ3n) is 3.57. The van der Waals surface area contributed by atoms with Crippen molar-refractivity contribution in [1.29, 1.82) is 0 Å². The fourth-order valence-electron chi connectivity index (χ4n) is 2.40. The summed E-state index contributed by atoms with van der Waals surface area (Å²) in [5.41, 5.74) is 0. The minimum absolute atomic E-state index is 0.203. The molecule has 0 aromatic carbocycles. The molecule has 114 valence electrons. The number of likely N-dealkylation sites (tertiary alicyclic amines) is 1. The molecule has 0 atom stereocenters. The van der Waals surface area contributed by atoms with E-state index in [1.165, 1.54) is 0 Å². The molecule has 1 aliphatic heterocycles. The Kier molecular flexibility index (Phi) is 7.23. The average molecular weight is 294 g/mol. The van der Waals surface area contributed by atoms with Crippen molar-refractivity contribution in [2.75, 3.05) is 52.2 Å². The third kappa shape index (κ3) is 7.22. The summed E-state index contributed by atoms with van der Waals surface area (Å²) in [7, 11) is -1.80. The molecular formula is C12H26N2O4S. The quantitative estimate of drug-likeness (QED) is 0.513. The van der Waals surface area contributed by atoms with Gasteiger partial charge >= 0.3 is 0 Å². The van der Waals surface area contributed by atoms with Crippen LogP contribution in [0.1, 0.15) is 19.8 Å². The number of ether oxygens (including phenoxy) is 1. The topological polar surface area (TPSA) is 70.1 Å². The molecule has 1 aliphatic rings. The van der Waals surface area contributed by atoms with Crippen molar-refractivity contribution >= 4 is 10.1 Å². The van der Waals surface area contributed by atoms with E-state index in [0.717, 1.165) is 32.5 Å². The van der Waals surface area contributed by atoms with E-state index in [1.807, 2.05) is 6.92 Å². The van der Waals surface area contributed by atoms with Crippen LogP contribution < -0.4 is 0 Å². The maximum atomic E-state index is 10.9. The van der Waals surface area contributed by atoms with Gasteiger partial charge in [0.25, 0.3) is 10.1 Å². The van der Waals surface area contributed by atoms with E-state index < -0.39 is 10.1 Å². The van der Waals surface area contributed by atoms with E-state index >= 15 is 0 Å². The van der Waals surface area contributed by atoms with Crippen LogP contribution in [-0.4, -0.2) is 81.0 Å². The van der Waals surface area contributed by atoms with Gasteiger partial charge in [0, 0.05) is 25.7 Å². The van der Waals surface area contributed by atoms with E-state index in [0.29, 0.717) is 25.8 Å². The number of nitrogens with zero attached hydrogens (tertiary/aromatic N) is 2. The normalized spacial score (nSPS) is 19.2. The Hall–Kier alpha value is -0.210. The molecule has 19 heavy (non-hydrogen) atoms. The molecule has 0 spiro atoms. The Morgan fingerprint density at radius 2 is 1.95 bits per heavy atom. The van der Waals surface area contributed by atoms with Gasteiger partial charge in [0.05, 0.1) is 12.4 Å². The molecule has 1 N–H and O–H groups in total. The van der Waals surface area contributed by atoms with Crippen molar-refractivity contribution in [2.24, 2.45) is 0 Å². The van der Waals surface area contributed by atoms with Gasteiger partial charge in [-0.3, -0.25) is 9.45 Å². The smallest absolute Gasteiger partial charge is 0.266 e. The molecule has 0 amide bonds. The predicted octanol–water partition coefficient (Wildman–Crippen LogP) is 0.307. The lowest BCUT2D eigenvalue weighted by molar-refractivity contribution is 0.0745. The highest BCUT2D eigenvalue weighted by Crippen LogP contribution is 2.15. The van der Waals surface area contributed by atoms with Crippen molar-refractivity contribution < 1.29 is 17.7 Å². The molecule has 6 nitrogen and oxygen atoms in total. The molecule has 7 heteroatoms. The van der Waals surface area contributed by atoms with E-state index in [9.17, 15) is 8.42 Å². The summed E-state index contributed by atoms with van der Waals surface area (Å²) in [5.74, 6) is -0.203. The number of rotatable bonds is 8. The second-order valence-corrected chi connectivity index (χ2v) is 6.63. The lowest BCUT2D eigenvalue weighted by atomic mass is 10.0. The van der Waals surface area contributed by atoms with Crippen LogP contribution in [0.5, 0.6) is 0 Å². The van der Waals surface area contributed by atoms with Crippen LogP contribution in [-0.2, 0) is 14.9 Å². The standard InChI is InChI=1S/C12H26N2O4S/c1-3-18-10-8-14(9-11-19(15,16)17)12-4-6-13(2)7-5-12/h12H,3-11H2,1-2H3,(H,15,16,17). The summed E-state index contributed by atoms with van der Waals surface area (Å²) in [5, 5.41) is 0. The van der Waals surface area contributed by atoms with E-state index in [-0.39, 0.29) is 5.75 Å². The fraction of sp³-hybridized carbons (Fsp3) is 1.00. The molecule has 1 fully saturated rings. The van der Waals surface area contributed by atoms with E-state index in [1.54, 1.807) is 0 Å². The zero-order valence-corrected chi connectivity index (χ0v) is 12.7. The van der Waals surface area contributed by atoms with Crippen molar-refractivity contribution in [3.8, 4) is 0 Å². The zero-order valence-electron chi connectivity index (χ0n) is 11.9. The molecule has 0 unspecified atom stereocenters. The Bertz CT molecular complexity index is 340. The maximum Gasteiger partial charge on any atom is 0.266 e. The minimum atomic E-state index is -3.89. The van der Waals surface area contributed by atoms with Crippen LogP contribution in [0.3, 0.4) is 0 Å². The van der Waals surface area contributed by atoms with Gasteiger partial charge in [-0.15, -0.1) is 0 Å². The molecule has 1 rings (SSSR count). The summed E-state index contributed by atoms with van der Waals surface area (Å²) >= 11 is 0. The number of hydrogen-bond donors (Lipinski definition) is 1. The van der Waals surface area contributed by atoms with Gasteiger partial charge in [-0.1, -0.05) is 0 Å². The monoisotopic (exact) mass is 294 g/mol. The van der Waals surface area contributed by atoms with Crippen LogP contribution in [0.25, 0.3) is 0 Å². The Balaban J connectivity index is 2.47. The maximum absolute atomic E-state index is 10.9. The molecule has 0 aliphatic carbocycles. The first kappa shape index (κ1) is 16.8. The SMILES string of the molecule is CCOCCN(CCS(=O)(=O)O)C1CCN(C)CC1. The highest BCUT2D eigenvalue weighted by molar-refractivity contribution is 7.85. The van der Waals surface area contributed by atoms with Crippen LogP contribution in [0, 0.1) is 0 Å². The molecule has 1 saturated heterocycles. The second-order valence-electron chi connectivity index (χ2n) is 5.05. The van der Waals surface area contributed by atoms with Gasteiger partial charge in [0.1, 0.15) is 0 Å². The second kappa shape index (κ2) is 8.16. The highest BCUT2D eigenvalue weighted by Gasteiger charge is 2.23. The third-order valence-corrected chi connectivity index (χ3v) is 4.27. The van der Waals surface area contributed by atoms with Gasteiger partial charge < -0.3 is 9.64 Å². The van der Waals surface area contributed by atoms with E-state index in [4.69, 9.17) is 9.29 Å². The first-order valence-electron chi connectivity index (χ1n) is 6.88. The van der Waals surface area contributed by atoms with Gasteiger partial charge in [-0.05, 0) is 39.9 Å². The Morgan fingerprint density at radius 1 is 1.32 bits per heavy atom. The fourth-order valence-corrected chi connectivity index (χ4v) is 2.86. The summed E-state index contributed by atoms with van der Waals surface area (Å²) in [6, 6.07) is 0.387. The lowest BCUT2D eigenvalue weighted by Gasteiger charge is -2.37. The first-order valence-corrected chi connectivity index (χ1v) is 8.49. The predicted molar refractivity (Wildman–Crippen MR) is 75.0 cm³/mol. The highest BCUT2D eigenvalue weighted by atomic mass is 32.2. The van der Waals surface area contributed by atoms with Gasteiger partial charge in [0.2, 0.25) is 0 Å². The number of piperidine rings is 1. The molecular weight excluding hydrogens is 268 g/mol. The largest absolute Gasteiger partial charge is 0.380 e. The van der Waals surface area contributed by atoms with Crippen LogP contribution >= 0.6 is 0 Å². The molecule has 0 aromatic heterocycles. The minimum Gasteiger partial charge on any atom is -0.380 e.